The lowest BCUT2D eigenvalue weighted by atomic mass is 9.87. The second-order valence-corrected chi connectivity index (χ2v) is 6.31. The van der Waals surface area contributed by atoms with Crippen molar-refractivity contribution >= 4 is 5.91 Å². The summed E-state index contributed by atoms with van der Waals surface area (Å²) in [5.74, 6) is 0.439. The van der Waals surface area contributed by atoms with Gasteiger partial charge in [0.2, 0.25) is 5.91 Å². The Balaban J connectivity index is 2.07. The lowest BCUT2D eigenvalue weighted by Crippen LogP contribution is -2.22. The first-order valence-electron chi connectivity index (χ1n) is 8.94. The van der Waals surface area contributed by atoms with Crippen molar-refractivity contribution in [3.05, 3.63) is 65.5 Å². The molecule has 0 radical (unpaired) electrons. The maximum Gasteiger partial charge on any atom is 0.216 e. The minimum absolute atomic E-state index is 0.0270. The van der Waals surface area contributed by atoms with E-state index in [2.05, 4.69) is 47.6 Å². The molecule has 0 saturated carbocycles. The lowest BCUT2D eigenvalue weighted by molar-refractivity contribution is -0.118. The fraction of sp³-hybridized carbons (Fsp3) is 0.429. The molecule has 1 aromatic carbocycles. The van der Waals surface area contributed by atoms with Crippen molar-refractivity contribution < 1.29 is 4.79 Å². The van der Waals surface area contributed by atoms with Gasteiger partial charge in [-0.2, -0.15) is 0 Å². The van der Waals surface area contributed by atoms with E-state index in [-0.39, 0.29) is 5.91 Å². The number of amides is 1. The van der Waals surface area contributed by atoms with Crippen LogP contribution in [-0.4, -0.2) is 17.4 Å². The Morgan fingerprint density at radius 3 is 2.54 bits per heavy atom. The summed E-state index contributed by atoms with van der Waals surface area (Å²) in [5, 5.41) is 2.84. The molecule has 1 heterocycles. The molecule has 24 heavy (non-hydrogen) atoms. The highest BCUT2D eigenvalue weighted by molar-refractivity contribution is 5.72. The molecule has 3 nitrogen and oxygen atoms in total. The van der Waals surface area contributed by atoms with Gasteiger partial charge in [-0.3, -0.25) is 9.78 Å². The first-order chi connectivity index (χ1) is 11.7. The van der Waals surface area contributed by atoms with Crippen LogP contribution in [0.5, 0.6) is 0 Å². The van der Waals surface area contributed by atoms with E-state index in [9.17, 15) is 4.79 Å². The summed E-state index contributed by atoms with van der Waals surface area (Å²) in [6.45, 7) is 4.48. The molecule has 1 amide bonds. The molecule has 0 aliphatic heterocycles. The van der Waals surface area contributed by atoms with Crippen LogP contribution in [-0.2, 0) is 11.2 Å². The minimum Gasteiger partial charge on any atom is -0.356 e. The maximum absolute atomic E-state index is 10.9. The van der Waals surface area contributed by atoms with Crippen LogP contribution in [0.15, 0.2) is 48.8 Å². The van der Waals surface area contributed by atoms with Crippen molar-refractivity contribution in [2.24, 2.45) is 0 Å². The van der Waals surface area contributed by atoms with Crippen molar-refractivity contribution in [3.63, 3.8) is 0 Å². The highest BCUT2D eigenvalue weighted by Gasteiger charge is 2.14. The fourth-order valence-electron chi connectivity index (χ4n) is 3.01. The number of unbranched alkanes of at least 4 members (excludes halogenated alkanes) is 2. The first-order valence-corrected chi connectivity index (χ1v) is 8.94. The molecule has 0 aliphatic rings. The van der Waals surface area contributed by atoms with E-state index < -0.39 is 0 Å². The van der Waals surface area contributed by atoms with Crippen LogP contribution in [0.1, 0.15) is 62.1 Å². The van der Waals surface area contributed by atoms with Crippen molar-refractivity contribution in [1.82, 2.24) is 10.3 Å². The molecule has 2 rings (SSSR count). The Hall–Kier alpha value is -2.16. The monoisotopic (exact) mass is 324 g/mol. The smallest absolute Gasteiger partial charge is 0.216 e. The number of nitrogens with zero attached hydrogens (tertiary/aromatic N) is 1. The van der Waals surface area contributed by atoms with E-state index >= 15 is 0 Å². The molecule has 0 fully saturated rings. The third-order valence-corrected chi connectivity index (χ3v) is 4.35. The van der Waals surface area contributed by atoms with Gasteiger partial charge in [0, 0.05) is 31.8 Å². The predicted molar refractivity (Wildman–Crippen MR) is 99.1 cm³/mol. The average molecular weight is 324 g/mol. The fourth-order valence-corrected chi connectivity index (χ4v) is 3.01. The number of hydrogen-bond donors (Lipinski definition) is 1. The standard InChI is InChI=1S/C21H28N2O/c1-3-4-5-8-21(20-7-6-14-22-16-20)19-11-9-18(10-12-19)13-15-23-17(2)24/h6-7,9-12,14,16,21H,3-5,8,13,15H2,1-2H3,(H,23,24). The van der Waals surface area contributed by atoms with Gasteiger partial charge in [0.1, 0.15) is 0 Å². The second-order valence-electron chi connectivity index (χ2n) is 6.31. The summed E-state index contributed by atoms with van der Waals surface area (Å²) in [5.41, 5.74) is 3.90. The number of pyridine rings is 1. The van der Waals surface area contributed by atoms with Crippen LogP contribution in [0.4, 0.5) is 0 Å². The van der Waals surface area contributed by atoms with Gasteiger partial charge in [0.05, 0.1) is 0 Å². The summed E-state index contributed by atoms with van der Waals surface area (Å²) in [4.78, 5) is 15.2. The first kappa shape index (κ1) is 18.2. The molecule has 1 N–H and O–H groups in total. The zero-order chi connectivity index (χ0) is 17.2. The third kappa shape index (κ3) is 5.80. The van der Waals surface area contributed by atoms with Gasteiger partial charge in [-0.1, -0.05) is 56.5 Å². The van der Waals surface area contributed by atoms with Gasteiger partial charge in [0.25, 0.3) is 0 Å². The Morgan fingerprint density at radius 2 is 1.92 bits per heavy atom. The molecule has 1 unspecified atom stereocenters. The normalized spacial score (nSPS) is 11.9. The summed E-state index contributed by atoms with van der Waals surface area (Å²) in [6, 6.07) is 13.0. The number of carbonyl (C=O) groups is 1. The van der Waals surface area contributed by atoms with Crippen LogP contribution in [0.25, 0.3) is 0 Å². The highest BCUT2D eigenvalue weighted by atomic mass is 16.1. The van der Waals surface area contributed by atoms with Crippen LogP contribution < -0.4 is 5.32 Å². The SMILES string of the molecule is CCCCCC(c1ccc(CCNC(C)=O)cc1)c1cccnc1. The van der Waals surface area contributed by atoms with Gasteiger partial charge in [-0.25, -0.2) is 0 Å². The third-order valence-electron chi connectivity index (χ3n) is 4.35. The Labute approximate surface area is 145 Å². The van der Waals surface area contributed by atoms with Gasteiger partial charge in [0.15, 0.2) is 0 Å². The van der Waals surface area contributed by atoms with E-state index in [0.717, 1.165) is 12.8 Å². The Bertz CT molecular complexity index is 607. The molecule has 128 valence electrons. The molecule has 3 heteroatoms. The number of benzene rings is 1. The quantitative estimate of drug-likeness (QED) is 0.691. The topological polar surface area (TPSA) is 42.0 Å². The van der Waals surface area contributed by atoms with Crippen LogP contribution in [0, 0.1) is 0 Å². The molecular weight excluding hydrogens is 296 g/mol. The Kier molecular flexibility index (Phi) is 7.47. The van der Waals surface area contributed by atoms with Crippen molar-refractivity contribution in [3.8, 4) is 0 Å². The summed E-state index contributed by atoms with van der Waals surface area (Å²) < 4.78 is 0. The van der Waals surface area contributed by atoms with Crippen molar-refractivity contribution in [2.45, 2.75) is 51.9 Å². The van der Waals surface area contributed by atoms with Gasteiger partial charge < -0.3 is 5.32 Å². The van der Waals surface area contributed by atoms with Crippen LogP contribution in [0.3, 0.4) is 0 Å². The molecule has 1 atom stereocenters. The largest absolute Gasteiger partial charge is 0.356 e. The Morgan fingerprint density at radius 1 is 1.12 bits per heavy atom. The van der Waals surface area contributed by atoms with Crippen LogP contribution >= 0.6 is 0 Å². The number of rotatable bonds is 9. The molecular formula is C21H28N2O. The summed E-state index contributed by atoms with van der Waals surface area (Å²) in [6.07, 6.45) is 9.59. The zero-order valence-corrected chi connectivity index (χ0v) is 14.8. The van der Waals surface area contributed by atoms with Gasteiger partial charge in [-0.05, 0) is 35.6 Å². The molecule has 2 aromatic rings. The molecule has 1 aromatic heterocycles. The zero-order valence-electron chi connectivity index (χ0n) is 14.8. The van der Waals surface area contributed by atoms with Gasteiger partial charge in [-0.15, -0.1) is 0 Å². The van der Waals surface area contributed by atoms with Crippen molar-refractivity contribution in [1.29, 1.82) is 0 Å². The second kappa shape index (κ2) is 9.86. The highest BCUT2D eigenvalue weighted by Crippen LogP contribution is 2.29. The predicted octanol–water partition coefficient (Wildman–Crippen LogP) is 4.47. The maximum atomic E-state index is 10.9. The van der Waals surface area contributed by atoms with Crippen molar-refractivity contribution in [2.75, 3.05) is 6.54 Å². The van der Waals surface area contributed by atoms with Crippen LogP contribution in [0.2, 0.25) is 0 Å². The molecule has 0 aliphatic carbocycles. The minimum atomic E-state index is 0.0270. The average Bonchev–Trinajstić information content (AvgIpc) is 2.60. The van der Waals surface area contributed by atoms with E-state index in [1.165, 1.54) is 36.0 Å². The summed E-state index contributed by atoms with van der Waals surface area (Å²) in [7, 11) is 0. The van der Waals surface area contributed by atoms with E-state index in [1.807, 2.05) is 18.5 Å². The van der Waals surface area contributed by atoms with E-state index in [0.29, 0.717) is 12.5 Å². The van der Waals surface area contributed by atoms with E-state index in [1.54, 1.807) is 6.92 Å². The number of hydrogen-bond acceptors (Lipinski definition) is 2. The molecule has 0 saturated heterocycles. The number of nitrogens with one attached hydrogen (secondary N) is 1. The lowest BCUT2D eigenvalue weighted by Gasteiger charge is -2.18. The summed E-state index contributed by atoms with van der Waals surface area (Å²) >= 11 is 0. The molecule has 0 bridgehead atoms. The van der Waals surface area contributed by atoms with Gasteiger partial charge >= 0.3 is 0 Å². The molecule has 0 spiro atoms. The number of aromatic nitrogens is 1. The number of carbonyl (C=O) groups excluding carboxylic acids is 1. The van der Waals surface area contributed by atoms with E-state index in [4.69, 9.17) is 0 Å².